The van der Waals surface area contributed by atoms with Gasteiger partial charge in [0.1, 0.15) is 41.2 Å². The molecule has 3 aliphatic rings. The number of benzene rings is 1. The molecule has 13 heteroatoms. The highest BCUT2D eigenvalue weighted by Crippen LogP contribution is 2.54. The van der Waals surface area contributed by atoms with Crippen molar-refractivity contribution in [2.75, 3.05) is 19.7 Å². The summed E-state index contributed by atoms with van der Waals surface area (Å²) in [5.41, 5.74) is -2.08. The van der Waals surface area contributed by atoms with Crippen molar-refractivity contribution in [3.8, 4) is 11.3 Å². The fourth-order valence-corrected chi connectivity index (χ4v) is 5.92. The van der Waals surface area contributed by atoms with Crippen molar-refractivity contribution >= 4 is 11.8 Å². The maximum Gasteiger partial charge on any atom is 0.194 e. The summed E-state index contributed by atoms with van der Waals surface area (Å²) in [5.74, 6) is -4.39. The van der Waals surface area contributed by atoms with Gasteiger partial charge in [0, 0.05) is 18.7 Å². The van der Waals surface area contributed by atoms with E-state index in [1.807, 2.05) is 4.90 Å². The van der Waals surface area contributed by atoms with E-state index in [9.17, 15) is 33.6 Å². The predicted molar refractivity (Wildman–Crippen MR) is 113 cm³/mol. The fourth-order valence-electron chi connectivity index (χ4n) is 4.50. The number of hydrogen-bond acceptors (Lipinski definition) is 9. The highest BCUT2D eigenvalue weighted by molar-refractivity contribution is 8.02. The minimum Gasteiger partial charge on any atom is -0.394 e. The first-order valence-corrected chi connectivity index (χ1v) is 11.8. The molecule has 2 aromatic rings. The number of nitrogens with zero attached hydrogens (tertiary/aromatic N) is 4. The van der Waals surface area contributed by atoms with Crippen LogP contribution in [0.5, 0.6) is 0 Å². The van der Waals surface area contributed by atoms with Crippen LogP contribution >= 0.6 is 11.8 Å². The number of aliphatic hydroxyl groups is 4. The molecule has 0 amide bonds. The second-order valence-corrected chi connectivity index (χ2v) is 9.93. The van der Waals surface area contributed by atoms with Crippen LogP contribution < -0.4 is 0 Å². The molecule has 1 radical (unpaired) electrons. The van der Waals surface area contributed by atoms with E-state index < -0.39 is 59.6 Å². The van der Waals surface area contributed by atoms with Gasteiger partial charge in [-0.1, -0.05) is 5.21 Å². The van der Waals surface area contributed by atoms with Crippen molar-refractivity contribution in [3.63, 3.8) is 0 Å². The fraction of sp³-hybridized carbons (Fsp3) is 0.571. The average Bonchev–Trinajstić information content (AvgIpc) is 3.24. The number of rotatable bonds is 6. The Bertz CT molecular complexity index is 1040. The predicted octanol–water partition coefficient (Wildman–Crippen LogP) is 0.796. The number of thioether (sulfide) groups is 1. The van der Waals surface area contributed by atoms with Crippen LogP contribution in [0.2, 0.25) is 0 Å². The molecule has 1 saturated carbocycles. The molecule has 1 aromatic carbocycles. The minimum atomic E-state index is -1.61. The highest BCUT2D eigenvalue weighted by Gasteiger charge is 2.55. The molecule has 1 aromatic heterocycles. The standard InChI is InChI=1S/C21H24F3N4O5S/c22-11-6-10(7-12(23)16(11)24)13-8-28(26-25-13)17-18(30)14(9-29)33-20(19(17)31)34-15-2-3-21(15,32)27-4-1-5-27/h6-8,14,17-20,29-32H,1-5,9H2/t14-,17+,18+,19-,20+,21+/m1/s1. The Morgan fingerprint density at radius 1 is 1.15 bits per heavy atom. The SMILES string of the molecule is OC[C@H]1O[C@@H](S[C]2CC[C@@]2(O)N2CCC2)[C@H](O)[C@@H](n2cc(-c3cc(F)c(F)c(F)c3)nn2)[C@H]1O. The molecule has 34 heavy (non-hydrogen) atoms. The number of hydrogen-bond donors (Lipinski definition) is 4. The molecule has 3 heterocycles. The molecule has 2 aliphatic heterocycles. The molecule has 1 aliphatic carbocycles. The zero-order valence-corrected chi connectivity index (χ0v) is 18.7. The maximum atomic E-state index is 13.6. The Morgan fingerprint density at radius 2 is 1.85 bits per heavy atom. The second kappa shape index (κ2) is 9.04. The van der Waals surface area contributed by atoms with E-state index in [1.165, 1.54) is 6.20 Å². The van der Waals surface area contributed by atoms with Gasteiger partial charge in [-0.2, -0.15) is 0 Å². The van der Waals surface area contributed by atoms with E-state index in [1.54, 1.807) is 0 Å². The molecular weight excluding hydrogens is 477 g/mol. The average molecular weight is 502 g/mol. The molecule has 0 bridgehead atoms. The highest BCUT2D eigenvalue weighted by atomic mass is 32.2. The summed E-state index contributed by atoms with van der Waals surface area (Å²) >= 11 is 1.16. The van der Waals surface area contributed by atoms with Gasteiger partial charge in [-0.15, -0.1) is 16.9 Å². The van der Waals surface area contributed by atoms with Crippen LogP contribution in [0, 0.1) is 22.7 Å². The third-order valence-electron chi connectivity index (χ3n) is 6.73. The normalized spacial score (nSPS) is 34.6. The Hall–Kier alpha value is -1.74. The first-order valence-electron chi connectivity index (χ1n) is 10.9. The lowest BCUT2D eigenvalue weighted by molar-refractivity contribution is -0.180. The summed E-state index contributed by atoms with van der Waals surface area (Å²) in [6, 6.07) is 0.420. The lowest BCUT2D eigenvalue weighted by Gasteiger charge is -2.55. The van der Waals surface area contributed by atoms with Crippen LogP contribution in [-0.2, 0) is 4.74 Å². The van der Waals surface area contributed by atoms with Crippen molar-refractivity contribution in [2.45, 2.75) is 54.8 Å². The van der Waals surface area contributed by atoms with Crippen molar-refractivity contribution in [2.24, 2.45) is 0 Å². The van der Waals surface area contributed by atoms with Gasteiger partial charge in [-0.3, -0.25) is 4.90 Å². The summed E-state index contributed by atoms with van der Waals surface area (Å²) in [6.45, 7) is 1.02. The van der Waals surface area contributed by atoms with Crippen LogP contribution in [0.15, 0.2) is 18.3 Å². The zero-order chi connectivity index (χ0) is 24.2. The summed E-state index contributed by atoms with van der Waals surface area (Å²) < 4.78 is 47.5. The van der Waals surface area contributed by atoms with Crippen LogP contribution in [0.25, 0.3) is 11.3 Å². The van der Waals surface area contributed by atoms with E-state index in [0.29, 0.717) is 12.8 Å². The number of halogens is 3. The van der Waals surface area contributed by atoms with Gasteiger partial charge in [0.25, 0.3) is 0 Å². The topological polar surface area (TPSA) is 124 Å². The Balaban J connectivity index is 1.38. The van der Waals surface area contributed by atoms with Crippen LogP contribution in [-0.4, -0.2) is 89.5 Å². The van der Waals surface area contributed by atoms with Gasteiger partial charge in [0.15, 0.2) is 17.5 Å². The molecule has 4 N–H and O–H groups in total. The minimum absolute atomic E-state index is 0.00558. The molecule has 2 saturated heterocycles. The summed E-state index contributed by atoms with van der Waals surface area (Å²) in [7, 11) is 0. The largest absolute Gasteiger partial charge is 0.394 e. The first kappa shape index (κ1) is 24.0. The lowest BCUT2D eigenvalue weighted by atomic mass is 9.84. The summed E-state index contributed by atoms with van der Waals surface area (Å²) in [4.78, 5) is 1.95. The van der Waals surface area contributed by atoms with Gasteiger partial charge in [0.05, 0.1) is 18.1 Å². The molecule has 6 atom stereocenters. The van der Waals surface area contributed by atoms with Crippen LogP contribution in [0.1, 0.15) is 25.3 Å². The zero-order valence-electron chi connectivity index (χ0n) is 17.9. The Kier molecular flexibility index (Phi) is 6.38. The quantitative estimate of drug-likeness (QED) is 0.426. The van der Waals surface area contributed by atoms with Gasteiger partial charge in [-0.05, 0) is 31.4 Å². The Labute approximate surface area is 197 Å². The van der Waals surface area contributed by atoms with Crippen molar-refractivity contribution in [1.29, 1.82) is 0 Å². The molecule has 0 spiro atoms. The lowest BCUT2D eigenvalue weighted by Crippen LogP contribution is -2.63. The molecule has 3 fully saturated rings. The smallest absolute Gasteiger partial charge is 0.194 e. The van der Waals surface area contributed by atoms with E-state index in [2.05, 4.69) is 10.3 Å². The van der Waals surface area contributed by atoms with E-state index in [0.717, 1.165) is 53.3 Å². The number of aliphatic hydroxyl groups excluding tert-OH is 3. The van der Waals surface area contributed by atoms with Crippen molar-refractivity contribution < 1.29 is 38.3 Å². The molecule has 5 rings (SSSR count). The van der Waals surface area contributed by atoms with Gasteiger partial charge in [-0.25, -0.2) is 17.9 Å². The molecule has 9 nitrogen and oxygen atoms in total. The maximum absolute atomic E-state index is 13.6. The number of ether oxygens (including phenoxy) is 1. The van der Waals surface area contributed by atoms with Gasteiger partial charge in [0.2, 0.25) is 0 Å². The third kappa shape index (κ3) is 3.92. The van der Waals surface area contributed by atoms with E-state index in [4.69, 9.17) is 4.74 Å². The van der Waals surface area contributed by atoms with Crippen molar-refractivity contribution in [3.05, 3.63) is 41.0 Å². The summed E-state index contributed by atoms with van der Waals surface area (Å²) in [5, 5.41) is 51.0. The molecular formula is C21H24F3N4O5S. The van der Waals surface area contributed by atoms with Crippen LogP contribution in [0.3, 0.4) is 0 Å². The van der Waals surface area contributed by atoms with Gasteiger partial charge >= 0.3 is 0 Å². The second-order valence-electron chi connectivity index (χ2n) is 8.73. The van der Waals surface area contributed by atoms with Gasteiger partial charge < -0.3 is 25.2 Å². The van der Waals surface area contributed by atoms with Crippen LogP contribution in [0.4, 0.5) is 13.2 Å². The number of likely N-dealkylation sites (tertiary alicyclic amines) is 1. The Morgan fingerprint density at radius 3 is 2.41 bits per heavy atom. The first-order chi connectivity index (χ1) is 16.2. The third-order valence-corrected chi connectivity index (χ3v) is 8.17. The van der Waals surface area contributed by atoms with E-state index in [-0.39, 0.29) is 11.3 Å². The van der Waals surface area contributed by atoms with E-state index >= 15 is 0 Å². The van der Waals surface area contributed by atoms with Crippen molar-refractivity contribution in [1.82, 2.24) is 19.9 Å². The molecule has 185 valence electrons. The molecule has 0 unspecified atom stereocenters. The summed E-state index contributed by atoms with van der Waals surface area (Å²) in [6.07, 6.45) is -0.294. The monoisotopic (exact) mass is 501 g/mol. The number of aromatic nitrogens is 3.